The van der Waals surface area contributed by atoms with Gasteiger partial charge in [-0.05, 0) is 26.9 Å². The molecule has 0 aliphatic carbocycles. The maximum Gasteiger partial charge on any atom is 0.234 e. The maximum absolute atomic E-state index is 10.6. The number of hydrogen-bond acceptors (Lipinski definition) is 2. The van der Waals surface area contributed by atoms with Gasteiger partial charge in [0.25, 0.3) is 0 Å². The van der Waals surface area contributed by atoms with Crippen LogP contribution in [0.1, 0.15) is 20.3 Å². The molecule has 2 N–H and O–H groups in total. The number of amides is 1. The predicted molar refractivity (Wildman–Crippen MR) is 41.6 cm³/mol. The van der Waals surface area contributed by atoms with Gasteiger partial charge in [-0.1, -0.05) is 6.92 Å². The van der Waals surface area contributed by atoms with Gasteiger partial charge in [0.1, 0.15) is 0 Å². The zero-order valence-corrected chi connectivity index (χ0v) is 6.92. The zero-order valence-electron chi connectivity index (χ0n) is 6.92. The minimum absolute atomic E-state index is 0.139. The van der Waals surface area contributed by atoms with Gasteiger partial charge in [-0.15, -0.1) is 0 Å². The smallest absolute Gasteiger partial charge is 0.234 e. The summed E-state index contributed by atoms with van der Waals surface area (Å²) in [5, 5.41) is 0. The van der Waals surface area contributed by atoms with Gasteiger partial charge in [0.15, 0.2) is 0 Å². The van der Waals surface area contributed by atoms with Crippen LogP contribution in [0.3, 0.4) is 0 Å². The molecule has 0 radical (unpaired) electrons. The third-order valence-electron chi connectivity index (χ3n) is 1.65. The number of nitrogens with two attached hydrogens (primary N) is 1. The molecule has 0 aliphatic rings. The van der Waals surface area contributed by atoms with Gasteiger partial charge in [0.2, 0.25) is 5.91 Å². The molecule has 0 aliphatic heterocycles. The molecule has 0 saturated heterocycles. The highest BCUT2D eigenvalue weighted by atomic mass is 16.1. The molecule has 0 aromatic carbocycles. The SMILES string of the molecule is CCCN(C)C(C)C(N)=O. The lowest BCUT2D eigenvalue weighted by atomic mass is 10.3. The predicted octanol–water partition coefficient (Wildman–Crippen LogP) is 0.202. The lowest BCUT2D eigenvalue weighted by molar-refractivity contribution is -0.122. The van der Waals surface area contributed by atoms with E-state index in [-0.39, 0.29) is 11.9 Å². The average Bonchev–Trinajstić information content (AvgIpc) is 1.87. The van der Waals surface area contributed by atoms with Crippen molar-refractivity contribution in [3.63, 3.8) is 0 Å². The van der Waals surface area contributed by atoms with E-state index >= 15 is 0 Å². The molecule has 60 valence electrons. The van der Waals surface area contributed by atoms with Gasteiger partial charge in [-0.3, -0.25) is 9.69 Å². The number of rotatable bonds is 4. The first-order valence-corrected chi connectivity index (χ1v) is 3.59. The van der Waals surface area contributed by atoms with Crippen LogP contribution in [-0.4, -0.2) is 30.4 Å². The monoisotopic (exact) mass is 144 g/mol. The Morgan fingerprint density at radius 1 is 1.70 bits per heavy atom. The van der Waals surface area contributed by atoms with E-state index in [2.05, 4.69) is 6.92 Å². The quantitative estimate of drug-likeness (QED) is 0.612. The van der Waals surface area contributed by atoms with Crippen LogP contribution in [0.5, 0.6) is 0 Å². The van der Waals surface area contributed by atoms with Gasteiger partial charge in [0, 0.05) is 0 Å². The molecule has 1 amide bonds. The summed E-state index contributed by atoms with van der Waals surface area (Å²) in [6.07, 6.45) is 1.05. The van der Waals surface area contributed by atoms with E-state index in [4.69, 9.17) is 5.73 Å². The highest BCUT2D eigenvalue weighted by Crippen LogP contribution is 1.94. The molecule has 1 atom stereocenters. The van der Waals surface area contributed by atoms with E-state index in [1.807, 2.05) is 18.9 Å². The second kappa shape index (κ2) is 4.28. The summed E-state index contributed by atoms with van der Waals surface area (Å²) in [6, 6.07) is -0.139. The van der Waals surface area contributed by atoms with Gasteiger partial charge >= 0.3 is 0 Å². The van der Waals surface area contributed by atoms with Crippen LogP contribution < -0.4 is 5.73 Å². The van der Waals surface area contributed by atoms with E-state index in [1.54, 1.807) is 0 Å². The van der Waals surface area contributed by atoms with Gasteiger partial charge in [0.05, 0.1) is 6.04 Å². The molecular weight excluding hydrogens is 128 g/mol. The molecule has 0 fully saturated rings. The number of primary amides is 1. The lowest BCUT2D eigenvalue weighted by Crippen LogP contribution is -2.40. The van der Waals surface area contributed by atoms with Gasteiger partial charge < -0.3 is 5.73 Å². The molecule has 0 saturated carbocycles. The number of hydrogen-bond donors (Lipinski definition) is 1. The van der Waals surface area contributed by atoms with Crippen LogP contribution in [0.4, 0.5) is 0 Å². The Morgan fingerprint density at radius 3 is 2.50 bits per heavy atom. The van der Waals surface area contributed by atoms with Crippen LogP contribution in [-0.2, 0) is 4.79 Å². The van der Waals surface area contributed by atoms with Crippen molar-refractivity contribution < 1.29 is 4.79 Å². The van der Waals surface area contributed by atoms with Crippen molar-refractivity contribution in [3.8, 4) is 0 Å². The molecule has 3 heteroatoms. The number of nitrogens with zero attached hydrogens (tertiary/aromatic N) is 1. The first-order valence-electron chi connectivity index (χ1n) is 3.59. The van der Waals surface area contributed by atoms with Crippen molar-refractivity contribution in [3.05, 3.63) is 0 Å². The minimum atomic E-state index is -0.254. The maximum atomic E-state index is 10.6. The fraction of sp³-hybridized carbons (Fsp3) is 0.857. The summed E-state index contributed by atoms with van der Waals surface area (Å²) in [5.74, 6) is -0.254. The number of likely N-dealkylation sites (N-methyl/N-ethyl adjacent to an activating group) is 1. The summed E-state index contributed by atoms with van der Waals surface area (Å²) in [5.41, 5.74) is 5.09. The highest BCUT2D eigenvalue weighted by molar-refractivity contribution is 5.79. The summed E-state index contributed by atoms with van der Waals surface area (Å²) in [4.78, 5) is 12.5. The van der Waals surface area contributed by atoms with E-state index in [0.29, 0.717) is 0 Å². The van der Waals surface area contributed by atoms with Crippen molar-refractivity contribution >= 4 is 5.91 Å². The molecule has 0 aromatic rings. The van der Waals surface area contributed by atoms with Gasteiger partial charge in [-0.2, -0.15) is 0 Å². The van der Waals surface area contributed by atoms with Crippen molar-refractivity contribution in [2.45, 2.75) is 26.3 Å². The molecule has 3 nitrogen and oxygen atoms in total. The van der Waals surface area contributed by atoms with Crippen molar-refractivity contribution in [1.82, 2.24) is 4.90 Å². The molecule has 0 spiro atoms. The molecule has 0 heterocycles. The standard InChI is InChI=1S/C7H16N2O/c1-4-5-9(3)6(2)7(8)10/h6H,4-5H2,1-3H3,(H2,8,10). The summed E-state index contributed by atoms with van der Waals surface area (Å²) < 4.78 is 0. The lowest BCUT2D eigenvalue weighted by Gasteiger charge is -2.20. The summed E-state index contributed by atoms with van der Waals surface area (Å²) in [6.45, 7) is 4.81. The topological polar surface area (TPSA) is 46.3 Å². The fourth-order valence-corrected chi connectivity index (χ4v) is 0.764. The van der Waals surface area contributed by atoms with E-state index < -0.39 is 0 Å². The van der Waals surface area contributed by atoms with Crippen LogP contribution in [0.15, 0.2) is 0 Å². The second-order valence-electron chi connectivity index (χ2n) is 2.56. The second-order valence-corrected chi connectivity index (χ2v) is 2.56. The van der Waals surface area contributed by atoms with Crippen LogP contribution in [0, 0.1) is 0 Å². The largest absolute Gasteiger partial charge is 0.368 e. The zero-order chi connectivity index (χ0) is 8.15. The van der Waals surface area contributed by atoms with Crippen molar-refractivity contribution in [2.75, 3.05) is 13.6 Å². The first-order chi connectivity index (χ1) is 4.59. The Labute approximate surface area is 62.2 Å². The molecule has 0 rings (SSSR count). The Hall–Kier alpha value is -0.570. The Balaban J connectivity index is 3.69. The fourth-order valence-electron chi connectivity index (χ4n) is 0.764. The van der Waals surface area contributed by atoms with E-state index in [9.17, 15) is 4.79 Å². The number of carbonyl (C=O) groups excluding carboxylic acids is 1. The molecule has 0 bridgehead atoms. The average molecular weight is 144 g/mol. The summed E-state index contributed by atoms with van der Waals surface area (Å²) in [7, 11) is 1.90. The van der Waals surface area contributed by atoms with Crippen LogP contribution in [0.25, 0.3) is 0 Å². The van der Waals surface area contributed by atoms with E-state index in [0.717, 1.165) is 13.0 Å². The number of carbonyl (C=O) groups is 1. The van der Waals surface area contributed by atoms with Crippen LogP contribution >= 0.6 is 0 Å². The Kier molecular flexibility index (Phi) is 4.03. The first kappa shape index (κ1) is 9.43. The van der Waals surface area contributed by atoms with Crippen molar-refractivity contribution in [2.24, 2.45) is 5.73 Å². The van der Waals surface area contributed by atoms with Crippen LogP contribution in [0.2, 0.25) is 0 Å². The third-order valence-corrected chi connectivity index (χ3v) is 1.65. The van der Waals surface area contributed by atoms with Crippen molar-refractivity contribution in [1.29, 1.82) is 0 Å². The Morgan fingerprint density at radius 2 is 2.20 bits per heavy atom. The molecule has 10 heavy (non-hydrogen) atoms. The normalized spacial score (nSPS) is 13.6. The summed E-state index contributed by atoms with van der Waals surface area (Å²) >= 11 is 0. The Bertz CT molecular complexity index is 114. The van der Waals surface area contributed by atoms with Gasteiger partial charge in [-0.25, -0.2) is 0 Å². The highest BCUT2D eigenvalue weighted by Gasteiger charge is 2.12. The molecule has 1 unspecified atom stereocenters. The molecule has 0 aromatic heterocycles. The van der Waals surface area contributed by atoms with E-state index in [1.165, 1.54) is 0 Å². The molecular formula is C7H16N2O. The third kappa shape index (κ3) is 2.82. The minimum Gasteiger partial charge on any atom is -0.368 e.